The van der Waals surface area contributed by atoms with Crippen LogP contribution in [0.4, 0.5) is 5.69 Å². The fourth-order valence-corrected chi connectivity index (χ4v) is 3.77. The van der Waals surface area contributed by atoms with Gasteiger partial charge in [0.15, 0.2) is 0 Å². The van der Waals surface area contributed by atoms with E-state index in [9.17, 15) is 13.2 Å². The van der Waals surface area contributed by atoms with E-state index in [1.807, 2.05) is 60.7 Å². The molecule has 0 spiro atoms. The van der Waals surface area contributed by atoms with Crippen LogP contribution in [0.15, 0.2) is 84.9 Å². The number of rotatable bonds is 11. The third-order valence-electron chi connectivity index (χ3n) is 4.47. The molecule has 0 aromatic heterocycles. The van der Waals surface area contributed by atoms with Crippen LogP contribution in [0.25, 0.3) is 0 Å². The van der Waals surface area contributed by atoms with Gasteiger partial charge in [-0.25, -0.2) is 8.42 Å². The number of benzene rings is 3. The average molecular weight is 455 g/mol. The third kappa shape index (κ3) is 7.40. The molecule has 0 heterocycles. The molecule has 32 heavy (non-hydrogen) atoms. The number of carbonyl (C=O) groups is 1. The van der Waals surface area contributed by atoms with Crippen LogP contribution in [0.2, 0.25) is 0 Å². The molecule has 3 aromatic rings. The lowest BCUT2D eigenvalue weighted by Crippen LogP contribution is -2.41. The van der Waals surface area contributed by atoms with Gasteiger partial charge in [-0.05, 0) is 42.0 Å². The van der Waals surface area contributed by atoms with E-state index in [1.165, 1.54) is 0 Å². The lowest BCUT2D eigenvalue weighted by molar-refractivity contribution is -0.119. The zero-order valence-electron chi connectivity index (χ0n) is 17.8. The van der Waals surface area contributed by atoms with E-state index in [0.29, 0.717) is 30.4 Å². The van der Waals surface area contributed by atoms with Crippen LogP contribution in [-0.4, -0.2) is 40.3 Å². The Morgan fingerprint density at radius 1 is 0.875 bits per heavy atom. The summed E-state index contributed by atoms with van der Waals surface area (Å²) >= 11 is 0. The first-order chi connectivity index (χ1) is 15.4. The quantitative estimate of drug-likeness (QED) is 0.448. The molecule has 0 radical (unpaired) electrons. The molecule has 0 fully saturated rings. The van der Waals surface area contributed by atoms with Gasteiger partial charge in [-0.3, -0.25) is 9.10 Å². The minimum Gasteiger partial charge on any atom is -0.457 e. The first-order valence-corrected chi connectivity index (χ1v) is 12.0. The highest BCUT2D eigenvalue weighted by atomic mass is 32.2. The number of sulfonamides is 1. The van der Waals surface area contributed by atoms with Gasteiger partial charge in [-0.15, -0.1) is 0 Å². The minimum atomic E-state index is -3.66. The summed E-state index contributed by atoms with van der Waals surface area (Å²) in [4.78, 5) is 12.3. The molecule has 3 rings (SSSR count). The topological polar surface area (TPSA) is 84.9 Å². The van der Waals surface area contributed by atoms with Gasteiger partial charge in [0, 0.05) is 6.54 Å². The normalized spacial score (nSPS) is 11.0. The average Bonchev–Trinajstić information content (AvgIpc) is 2.79. The number of nitrogens with one attached hydrogen (secondary N) is 1. The van der Waals surface area contributed by atoms with Crippen molar-refractivity contribution in [3.8, 4) is 11.5 Å². The molecule has 0 aliphatic carbocycles. The van der Waals surface area contributed by atoms with Crippen LogP contribution >= 0.6 is 0 Å². The summed E-state index contributed by atoms with van der Waals surface area (Å²) in [5.41, 5.74) is 1.42. The molecule has 168 valence electrons. The summed E-state index contributed by atoms with van der Waals surface area (Å²) in [6.45, 7) is 0.734. The molecule has 8 heteroatoms. The molecule has 7 nitrogen and oxygen atoms in total. The minimum absolute atomic E-state index is 0.285. The summed E-state index contributed by atoms with van der Waals surface area (Å²) in [6.07, 6.45) is 1.07. The highest BCUT2D eigenvalue weighted by Crippen LogP contribution is 2.25. The van der Waals surface area contributed by atoms with E-state index in [0.717, 1.165) is 16.1 Å². The summed E-state index contributed by atoms with van der Waals surface area (Å²) in [7, 11) is -3.66. The number of anilines is 1. The van der Waals surface area contributed by atoms with Crippen molar-refractivity contribution < 1.29 is 22.7 Å². The second kappa shape index (κ2) is 11.3. The van der Waals surface area contributed by atoms with E-state index < -0.39 is 15.9 Å². The standard InChI is InChI=1S/C24H26N2O5S/c1-32(28,29)26(18-24(27)25-16-17-30-19-20-8-4-2-5-9-20)21-12-14-23(15-13-21)31-22-10-6-3-7-11-22/h2-15H,16-19H2,1H3,(H,25,27). The van der Waals surface area contributed by atoms with Gasteiger partial charge >= 0.3 is 0 Å². The highest BCUT2D eigenvalue weighted by Gasteiger charge is 2.20. The Morgan fingerprint density at radius 2 is 1.47 bits per heavy atom. The Morgan fingerprint density at radius 3 is 2.09 bits per heavy atom. The second-order valence-electron chi connectivity index (χ2n) is 7.07. The van der Waals surface area contributed by atoms with Crippen LogP contribution in [-0.2, 0) is 26.2 Å². The molecule has 0 saturated heterocycles. The molecule has 1 N–H and O–H groups in total. The fraction of sp³-hybridized carbons (Fsp3) is 0.208. The molecule has 0 unspecified atom stereocenters. The summed E-state index contributed by atoms with van der Waals surface area (Å²) in [6, 6.07) is 25.5. The Bertz CT molecular complexity index is 1090. The van der Waals surface area contributed by atoms with Gasteiger partial charge in [-0.2, -0.15) is 0 Å². The van der Waals surface area contributed by atoms with Crippen molar-refractivity contribution in [2.75, 3.05) is 30.3 Å². The lowest BCUT2D eigenvalue weighted by Gasteiger charge is -2.22. The van der Waals surface area contributed by atoms with E-state index in [2.05, 4.69) is 5.32 Å². The summed E-state index contributed by atoms with van der Waals surface area (Å²) in [5, 5.41) is 2.69. The number of nitrogens with zero attached hydrogens (tertiary/aromatic N) is 1. The lowest BCUT2D eigenvalue weighted by atomic mass is 10.2. The van der Waals surface area contributed by atoms with Crippen molar-refractivity contribution in [1.29, 1.82) is 0 Å². The van der Waals surface area contributed by atoms with Crippen LogP contribution in [0.5, 0.6) is 11.5 Å². The third-order valence-corrected chi connectivity index (χ3v) is 5.61. The van der Waals surface area contributed by atoms with Gasteiger partial charge < -0.3 is 14.8 Å². The van der Waals surface area contributed by atoms with Crippen molar-refractivity contribution in [2.45, 2.75) is 6.61 Å². The van der Waals surface area contributed by atoms with E-state index in [4.69, 9.17) is 9.47 Å². The van der Waals surface area contributed by atoms with Gasteiger partial charge in [0.25, 0.3) is 0 Å². The first-order valence-electron chi connectivity index (χ1n) is 10.1. The van der Waals surface area contributed by atoms with Crippen LogP contribution in [0.1, 0.15) is 5.56 Å². The van der Waals surface area contributed by atoms with Gasteiger partial charge in [-0.1, -0.05) is 48.5 Å². The maximum absolute atomic E-state index is 12.3. The zero-order valence-corrected chi connectivity index (χ0v) is 18.6. The van der Waals surface area contributed by atoms with E-state index in [1.54, 1.807) is 24.3 Å². The summed E-state index contributed by atoms with van der Waals surface area (Å²) in [5.74, 6) is 0.825. The molecular weight excluding hydrogens is 428 g/mol. The Hall–Kier alpha value is -3.36. The molecule has 0 atom stereocenters. The predicted octanol–water partition coefficient (Wildman–Crippen LogP) is 3.58. The van der Waals surface area contributed by atoms with Crippen LogP contribution in [0, 0.1) is 0 Å². The van der Waals surface area contributed by atoms with E-state index >= 15 is 0 Å². The van der Waals surface area contributed by atoms with Gasteiger partial charge in [0.1, 0.15) is 18.0 Å². The largest absolute Gasteiger partial charge is 0.457 e. The smallest absolute Gasteiger partial charge is 0.240 e. The molecule has 0 bridgehead atoms. The fourth-order valence-electron chi connectivity index (χ4n) is 2.92. The Kier molecular flexibility index (Phi) is 8.24. The zero-order chi connectivity index (χ0) is 22.8. The second-order valence-corrected chi connectivity index (χ2v) is 8.97. The summed E-state index contributed by atoms with van der Waals surface area (Å²) < 4.78 is 36.8. The number of carbonyl (C=O) groups excluding carboxylic acids is 1. The Labute approximate surface area is 188 Å². The van der Waals surface area contributed by atoms with Crippen molar-refractivity contribution in [1.82, 2.24) is 5.32 Å². The first kappa shape index (κ1) is 23.3. The molecular formula is C24H26N2O5S. The molecule has 0 aliphatic heterocycles. The number of hydrogen-bond acceptors (Lipinski definition) is 5. The van der Waals surface area contributed by atoms with Crippen molar-refractivity contribution in [3.63, 3.8) is 0 Å². The number of para-hydroxylation sites is 1. The van der Waals surface area contributed by atoms with Crippen molar-refractivity contribution >= 4 is 21.6 Å². The SMILES string of the molecule is CS(=O)(=O)N(CC(=O)NCCOCc1ccccc1)c1ccc(Oc2ccccc2)cc1. The van der Waals surface area contributed by atoms with Crippen molar-refractivity contribution in [3.05, 3.63) is 90.5 Å². The maximum atomic E-state index is 12.3. The van der Waals surface area contributed by atoms with Crippen LogP contribution < -0.4 is 14.4 Å². The van der Waals surface area contributed by atoms with Gasteiger partial charge in [0.2, 0.25) is 15.9 Å². The maximum Gasteiger partial charge on any atom is 0.240 e. The monoisotopic (exact) mass is 454 g/mol. The van der Waals surface area contributed by atoms with Crippen molar-refractivity contribution in [2.24, 2.45) is 0 Å². The van der Waals surface area contributed by atoms with Gasteiger partial charge in [0.05, 0.1) is 25.2 Å². The van der Waals surface area contributed by atoms with E-state index in [-0.39, 0.29) is 13.1 Å². The predicted molar refractivity (Wildman–Crippen MR) is 124 cm³/mol. The number of amides is 1. The molecule has 0 saturated carbocycles. The number of ether oxygens (including phenoxy) is 2. The molecule has 0 aliphatic rings. The molecule has 1 amide bonds. The van der Waals surface area contributed by atoms with Crippen LogP contribution in [0.3, 0.4) is 0 Å². The number of hydrogen-bond donors (Lipinski definition) is 1. The Balaban J connectivity index is 1.51. The highest BCUT2D eigenvalue weighted by molar-refractivity contribution is 7.92. The molecule has 3 aromatic carbocycles.